The van der Waals surface area contributed by atoms with E-state index < -0.39 is 23.4 Å². The normalized spacial score (nSPS) is 22.2. The van der Waals surface area contributed by atoms with Gasteiger partial charge in [0.15, 0.2) is 11.6 Å². The molecule has 2 unspecified atom stereocenters. The minimum atomic E-state index is -1.21. The highest BCUT2D eigenvalue weighted by Crippen LogP contribution is 2.29. The summed E-state index contributed by atoms with van der Waals surface area (Å²) in [6, 6.07) is 1.35. The summed E-state index contributed by atoms with van der Waals surface area (Å²) in [5, 5.41) is 12.1. The van der Waals surface area contributed by atoms with Gasteiger partial charge in [0.25, 0.3) is 0 Å². The van der Waals surface area contributed by atoms with Gasteiger partial charge in [0.1, 0.15) is 5.82 Å². The van der Waals surface area contributed by atoms with Crippen LogP contribution < -0.4 is 5.32 Å². The number of carboxylic acids is 1. The molecule has 0 amide bonds. The quantitative estimate of drug-likeness (QED) is 0.822. The van der Waals surface area contributed by atoms with E-state index in [0.717, 1.165) is 25.3 Å². The average molecular weight is 301 g/mol. The highest BCUT2D eigenvalue weighted by molar-refractivity contribution is 5.70. The van der Waals surface area contributed by atoms with Gasteiger partial charge in [-0.25, -0.2) is 13.2 Å². The molecule has 3 nitrogen and oxygen atoms in total. The summed E-state index contributed by atoms with van der Waals surface area (Å²) in [7, 11) is 0. The van der Waals surface area contributed by atoms with Crippen LogP contribution in [0, 0.1) is 29.3 Å². The maximum absolute atomic E-state index is 13.5. The van der Waals surface area contributed by atoms with Crippen molar-refractivity contribution in [2.75, 3.05) is 6.54 Å². The molecular formula is C15H18F3NO2. The molecule has 0 aromatic heterocycles. The summed E-state index contributed by atoms with van der Waals surface area (Å²) in [6.45, 7) is 0.473. The first-order valence-electron chi connectivity index (χ1n) is 7.06. The van der Waals surface area contributed by atoms with E-state index in [2.05, 4.69) is 5.32 Å². The Morgan fingerprint density at radius 3 is 2.52 bits per heavy atom. The number of hydrogen-bond acceptors (Lipinski definition) is 2. The Kier molecular flexibility index (Phi) is 5.22. The van der Waals surface area contributed by atoms with Crippen molar-refractivity contribution in [1.29, 1.82) is 0 Å². The fourth-order valence-corrected chi connectivity index (χ4v) is 2.87. The molecule has 0 radical (unpaired) electrons. The van der Waals surface area contributed by atoms with Crippen LogP contribution in [0.3, 0.4) is 0 Å². The van der Waals surface area contributed by atoms with Crippen molar-refractivity contribution in [3.63, 3.8) is 0 Å². The summed E-state index contributed by atoms with van der Waals surface area (Å²) in [4.78, 5) is 11.2. The highest BCUT2D eigenvalue weighted by atomic mass is 19.2. The number of aliphatic carboxylic acids is 1. The molecule has 0 heterocycles. The van der Waals surface area contributed by atoms with E-state index in [1.807, 2.05) is 0 Å². The lowest BCUT2D eigenvalue weighted by Gasteiger charge is -2.28. The van der Waals surface area contributed by atoms with Crippen molar-refractivity contribution in [2.45, 2.75) is 32.2 Å². The zero-order valence-electron chi connectivity index (χ0n) is 11.5. The molecule has 2 N–H and O–H groups in total. The average Bonchev–Trinajstić information content (AvgIpc) is 2.44. The monoisotopic (exact) mass is 301 g/mol. The maximum Gasteiger partial charge on any atom is 0.306 e. The molecule has 1 aromatic rings. The van der Waals surface area contributed by atoms with Crippen LogP contribution in [0.1, 0.15) is 31.2 Å². The minimum absolute atomic E-state index is 0.00962. The zero-order chi connectivity index (χ0) is 15.4. The second-order valence-electron chi connectivity index (χ2n) is 5.48. The molecule has 1 aliphatic carbocycles. The van der Waals surface area contributed by atoms with E-state index in [9.17, 15) is 18.0 Å². The Bertz CT molecular complexity index is 522. The SMILES string of the molecule is O=C(O)C1CCCCC1CNCc1cc(F)c(F)cc1F. The molecule has 0 spiro atoms. The lowest BCUT2D eigenvalue weighted by Crippen LogP contribution is -2.34. The first-order valence-corrected chi connectivity index (χ1v) is 7.06. The van der Waals surface area contributed by atoms with Gasteiger partial charge in [-0.3, -0.25) is 4.79 Å². The summed E-state index contributed by atoms with van der Waals surface area (Å²) in [6.07, 6.45) is 3.35. The van der Waals surface area contributed by atoms with E-state index in [0.29, 0.717) is 19.0 Å². The second kappa shape index (κ2) is 6.93. The van der Waals surface area contributed by atoms with Crippen LogP contribution in [0.5, 0.6) is 0 Å². The van der Waals surface area contributed by atoms with Crippen molar-refractivity contribution in [3.8, 4) is 0 Å². The van der Waals surface area contributed by atoms with Gasteiger partial charge in [-0.15, -0.1) is 0 Å². The lowest BCUT2D eigenvalue weighted by molar-refractivity contribution is -0.144. The Balaban J connectivity index is 1.91. The van der Waals surface area contributed by atoms with Gasteiger partial charge in [-0.05, 0) is 31.4 Å². The van der Waals surface area contributed by atoms with E-state index in [1.54, 1.807) is 0 Å². The molecule has 1 fully saturated rings. The van der Waals surface area contributed by atoms with Crippen molar-refractivity contribution >= 4 is 5.97 Å². The summed E-state index contributed by atoms with van der Waals surface area (Å²) < 4.78 is 39.3. The van der Waals surface area contributed by atoms with E-state index in [-0.39, 0.29) is 23.9 Å². The Morgan fingerprint density at radius 1 is 1.14 bits per heavy atom. The van der Waals surface area contributed by atoms with Crippen LogP contribution in [0.15, 0.2) is 12.1 Å². The van der Waals surface area contributed by atoms with E-state index >= 15 is 0 Å². The first kappa shape index (κ1) is 15.8. The number of hydrogen-bond donors (Lipinski definition) is 2. The third-order valence-corrected chi connectivity index (χ3v) is 4.04. The first-order chi connectivity index (χ1) is 9.99. The maximum atomic E-state index is 13.5. The van der Waals surface area contributed by atoms with Crippen molar-refractivity contribution in [1.82, 2.24) is 5.32 Å². The van der Waals surface area contributed by atoms with Crippen molar-refractivity contribution in [2.24, 2.45) is 11.8 Å². The molecule has 1 aromatic carbocycles. The van der Waals surface area contributed by atoms with Gasteiger partial charge in [-0.2, -0.15) is 0 Å². The van der Waals surface area contributed by atoms with Gasteiger partial charge in [0, 0.05) is 18.2 Å². The van der Waals surface area contributed by atoms with Gasteiger partial charge in [-0.1, -0.05) is 12.8 Å². The molecule has 0 saturated heterocycles. The summed E-state index contributed by atoms with van der Waals surface area (Å²) >= 11 is 0. The van der Waals surface area contributed by atoms with Crippen molar-refractivity contribution < 1.29 is 23.1 Å². The number of halogens is 3. The second-order valence-corrected chi connectivity index (χ2v) is 5.48. The molecule has 0 aliphatic heterocycles. The van der Waals surface area contributed by atoms with Crippen molar-refractivity contribution in [3.05, 3.63) is 35.1 Å². The standard InChI is InChI=1S/C15H18F3NO2/c16-12-6-14(18)13(17)5-10(12)8-19-7-9-3-1-2-4-11(9)15(20)21/h5-6,9,11,19H,1-4,7-8H2,(H,20,21). The third-order valence-electron chi connectivity index (χ3n) is 4.04. The highest BCUT2D eigenvalue weighted by Gasteiger charge is 2.30. The number of benzene rings is 1. The van der Waals surface area contributed by atoms with Crippen LogP contribution in [-0.4, -0.2) is 17.6 Å². The van der Waals surface area contributed by atoms with Gasteiger partial charge in [0.2, 0.25) is 0 Å². The molecule has 2 atom stereocenters. The number of nitrogens with one attached hydrogen (secondary N) is 1. The molecular weight excluding hydrogens is 283 g/mol. The molecule has 0 bridgehead atoms. The molecule has 6 heteroatoms. The molecule has 2 rings (SSSR count). The van der Waals surface area contributed by atoms with Crippen LogP contribution in [-0.2, 0) is 11.3 Å². The minimum Gasteiger partial charge on any atom is -0.481 e. The van der Waals surface area contributed by atoms with Crippen LogP contribution in [0.25, 0.3) is 0 Å². The number of carboxylic acid groups (broad SMARTS) is 1. The fourth-order valence-electron chi connectivity index (χ4n) is 2.87. The van der Waals surface area contributed by atoms with Crippen LogP contribution in [0.4, 0.5) is 13.2 Å². The van der Waals surface area contributed by atoms with Gasteiger partial charge in [0.05, 0.1) is 5.92 Å². The smallest absolute Gasteiger partial charge is 0.306 e. The van der Waals surface area contributed by atoms with E-state index in [4.69, 9.17) is 5.11 Å². The van der Waals surface area contributed by atoms with Crippen LogP contribution >= 0.6 is 0 Å². The summed E-state index contributed by atoms with van der Waals surface area (Å²) in [5.74, 6) is -4.31. The largest absolute Gasteiger partial charge is 0.481 e. The zero-order valence-corrected chi connectivity index (χ0v) is 11.5. The molecule has 1 saturated carbocycles. The van der Waals surface area contributed by atoms with Crippen LogP contribution in [0.2, 0.25) is 0 Å². The number of carbonyl (C=O) groups is 1. The topological polar surface area (TPSA) is 49.3 Å². The summed E-state index contributed by atoms with van der Waals surface area (Å²) in [5.41, 5.74) is 0.0385. The third kappa shape index (κ3) is 3.97. The molecule has 116 valence electrons. The van der Waals surface area contributed by atoms with E-state index in [1.165, 1.54) is 0 Å². The number of rotatable bonds is 5. The van der Waals surface area contributed by atoms with Gasteiger partial charge < -0.3 is 10.4 Å². The Labute approximate surface area is 121 Å². The molecule has 21 heavy (non-hydrogen) atoms. The lowest BCUT2D eigenvalue weighted by atomic mass is 9.79. The predicted octanol–water partition coefficient (Wildman–Crippen LogP) is 3.08. The predicted molar refractivity (Wildman–Crippen MR) is 71.1 cm³/mol. The molecule has 1 aliphatic rings. The fraction of sp³-hybridized carbons (Fsp3) is 0.533. The Morgan fingerprint density at radius 2 is 1.81 bits per heavy atom. The van der Waals surface area contributed by atoms with Gasteiger partial charge >= 0.3 is 5.97 Å². The Hall–Kier alpha value is -1.56.